The first kappa shape index (κ1) is 9.43. The quantitative estimate of drug-likeness (QED) is 0.736. The van der Waals surface area contributed by atoms with E-state index in [-0.39, 0.29) is 6.10 Å². The summed E-state index contributed by atoms with van der Waals surface area (Å²) in [5.41, 5.74) is 1.14. The molecule has 2 rings (SSSR count). The molecule has 0 atom stereocenters. The summed E-state index contributed by atoms with van der Waals surface area (Å²) in [6, 6.07) is 0.470. The Balaban J connectivity index is 1.77. The Hall–Kier alpha value is -1.13. The van der Waals surface area contributed by atoms with E-state index in [0.29, 0.717) is 6.04 Å². The maximum atomic E-state index is 9.09. The Bertz CT molecular complexity index is 315. The second-order valence-corrected chi connectivity index (χ2v) is 3.71. The van der Waals surface area contributed by atoms with Gasteiger partial charge in [-0.1, -0.05) is 6.58 Å². The third-order valence-corrected chi connectivity index (χ3v) is 2.55. The maximum absolute atomic E-state index is 9.09. The van der Waals surface area contributed by atoms with Crippen LogP contribution in [0.25, 0.3) is 6.20 Å². The van der Waals surface area contributed by atoms with Gasteiger partial charge in [-0.25, -0.2) is 4.68 Å². The van der Waals surface area contributed by atoms with Crippen molar-refractivity contribution in [3.8, 4) is 0 Å². The molecule has 1 fully saturated rings. The largest absolute Gasteiger partial charge is 0.393 e. The van der Waals surface area contributed by atoms with Crippen molar-refractivity contribution in [2.24, 2.45) is 0 Å². The van der Waals surface area contributed by atoms with Gasteiger partial charge in [0.1, 0.15) is 0 Å². The average Bonchev–Trinajstić information content (AvgIpc) is 2.58. The number of aliphatic hydroxyl groups is 1. The molecular weight excluding hydrogens is 178 g/mol. The van der Waals surface area contributed by atoms with E-state index in [1.54, 1.807) is 10.9 Å². The molecular formula is C10H15N3O. The van der Waals surface area contributed by atoms with E-state index in [0.717, 1.165) is 24.9 Å². The van der Waals surface area contributed by atoms with Crippen LogP contribution in [0, 0.1) is 0 Å². The van der Waals surface area contributed by atoms with E-state index in [2.05, 4.69) is 17.0 Å². The van der Waals surface area contributed by atoms with Gasteiger partial charge in [0, 0.05) is 30.5 Å². The molecule has 76 valence electrons. The molecule has 0 aliphatic heterocycles. The summed E-state index contributed by atoms with van der Waals surface area (Å²) in [5.74, 6) is 0. The SMILES string of the molecule is C=Cn1cc(CNC2CC(O)C2)cn1. The number of hydrogen-bond donors (Lipinski definition) is 2. The highest BCUT2D eigenvalue weighted by Gasteiger charge is 2.26. The van der Waals surface area contributed by atoms with Gasteiger partial charge in [0.25, 0.3) is 0 Å². The lowest BCUT2D eigenvalue weighted by molar-refractivity contribution is 0.0619. The lowest BCUT2D eigenvalue weighted by Gasteiger charge is -2.32. The smallest absolute Gasteiger partial charge is 0.0570 e. The first-order chi connectivity index (χ1) is 6.78. The molecule has 4 nitrogen and oxygen atoms in total. The zero-order chi connectivity index (χ0) is 9.97. The maximum Gasteiger partial charge on any atom is 0.0570 e. The highest BCUT2D eigenvalue weighted by atomic mass is 16.3. The van der Waals surface area contributed by atoms with Crippen LogP contribution in [0.1, 0.15) is 18.4 Å². The molecule has 1 aromatic rings. The molecule has 0 bridgehead atoms. The van der Waals surface area contributed by atoms with Crippen LogP contribution in [-0.2, 0) is 6.54 Å². The minimum Gasteiger partial charge on any atom is -0.393 e. The fraction of sp³-hybridized carbons (Fsp3) is 0.500. The molecule has 2 N–H and O–H groups in total. The first-order valence-electron chi connectivity index (χ1n) is 4.85. The summed E-state index contributed by atoms with van der Waals surface area (Å²) in [4.78, 5) is 0. The van der Waals surface area contributed by atoms with Gasteiger partial charge in [-0.3, -0.25) is 0 Å². The van der Waals surface area contributed by atoms with Gasteiger partial charge in [0.2, 0.25) is 0 Å². The molecule has 4 heteroatoms. The number of nitrogens with zero attached hydrogens (tertiary/aromatic N) is 2. The fourth-order valence-electron chi connectivity index (χ4n) is 1.59. The monoisotopic (exact) mass is 193 g/mol. The van der Waals surface area contributed by atoms with E-state index in [1.165, 1.54) is 0 Å². The molecule has 1 saturated carbocycles. The van der Waals surface area contributed by atoms with E-state index in [9.17, 15) is 0 Å². The van der Waals surface area contributed by atoms with Crippen LogP contribution in [0.2, 0.25) is 0 Å². The molecule has 1 heterocycles. The molecule has 0 radical (unpaired) electrons. The van der Waals surface area contributed by atoms with Gasteiger partial charge in [0.05, 0.1) is 12.3 Å². The van der Waals surface area contributed by atoms with Crippen molar-refractivity contribution in [3.05, 3.63) is 24.5 Å². The molecule has 0 spiro atoms. The number of hydrogen-bond acceptors (Lipinski definition) is 3. The van der Waals surface area contributed by atoms with Crippen LogP contribution in [-0.4, -0.2) is 27.0 Å². The van der Waals surface area contributed by atoms with E-state index in [1.807, 2.05) is 12.4 Å². The van der Waals surface area contributed by atoms with Crippen molar-refractivity contribution in [2.45, 2.75) is 31.5 Å². The average molecular weight is 193 g/mol. The normalized spacial score (nSPS) is 25.8. The van der Waals surface area contributed by atoms with Gasteiger partial charge in [-0.05, 0) is 12.8 Å². The van der Waals surface area contributed by atoms with E-state index in [4.69, 9.17) is 5.11 Å². The minimum absolute atomic E-state index is 0.0941. The van der Waals surface area contributed by atoms with Crippen LogP contribution in [0.3, 0.4) is 0 Å². The zero-order valence-corrected chi connectivity index (χ0v) is 8.06. The molecule has 0 aromatic carbocycles. The summed E-state index contributed by atoms with van der Waals surface area (Å²) in [6.45, 7) is 4.43. The molecule has 1 aromatic heterocycles. The van der Waals surface area contributed by atoms with Crippen LogP contribution in [0.5, 0.6) is 0 Å². The van der Waals surface area contributed by atoms with Crippen LogP contribution in [0.4, 0.5) is 0 Å². The van der Waals surface area contributed by atoms with Crippen molar-refractivity contribution in [1.82, 2.24) is 15.1 Å². The summed E-state index contributed by atoms with van der Waals surface area (Å²) < 4.78 is 1.69. The third-order valence-electron chi connectivity index (χ3n) is 2.55. The van der Waals surface area contributed by atoms with Crippen LogP contribution in [0.15, 0.2) is 19.0 Å². The number of aromatic nitrogens is 2. The highest BCUT2D eigenvalue weighted by Crippen LogP contribution is 2.19. The third kappa shape index (κ3) is 2.02. The van der Waals surface area contributed by atoms with Gasteiger partial charge in [0.15, 0.2) is 0 Å². The zero-order valence-electron chi connectivity index (χ0n) is 8.06. The molecule has 1 aliphatic rings. The lowest BCUT2D eigenvalue weighted by atomic mass is 9.89. The minimum atomic E-state index is -0.0941. The predicted octanol–water partition coefficient (Wildman–Crippen LogP) is 0.597. The lowest BCUT2D eigenvalue weighted by Crippen LogP contribution is -2.43. The van der Waals surface area contributed by atoms with Crippen molar-refractivity contribution in [1.29, 1.82) is 0 Å². The van der Waals surface area contributed by atoms with Gasteiger partial charge in [-0.15, -0.1) is 0 Å². The Morgan fingerprint density at radius 1 is 1.71 bits per heavy atom. The molecule has 1 aliphatic carbocycles. The Kier molecular flexibility index (Phi) is 2.65. The van der Waals surface area contributed by atoms with Crippen molar-refractivity contribution >= 4 is 6.20 Å². The van der Waals surface area contributed by atoms with Gasteiger partial charge in [-0.2, -0.15) is 5.10 Å². The fourth-order valence-corrected chi connectivity index (χ4v) is 1.59. The van der Waals surface area contributed by atoms with Crippen LogP contribution < -0.4 is 5.32 Å². The summed E-state index contributed by atoms with van der Waals surface area (Å²) in [7, 11) is 0. The number of rotatable bonds is 4. The topological polar surface area (TPSA) is 50.1 Å². The van der Waals surface area contributed by atoms with Crippen molar-refractivity contribution in [3.63, 3.8) is 0 Å². The van der Waals surface area contributed by atoms with Crippen molar-refractivity contribution in [2.75, 3.05) is 0 Å². The first-order valence-corrected chi connectivity index (χ1v) is 4.85. The molecule has 0 amide bonds. The predicted molar refractivity (Wildman–Crippen MR) is 54.5 cm³/mol. The second-order valence-electron chi connectivity index (χ2n) is 3.71. The Morgan fingerprint density at radius 2 is 2.50 bits per heavy atom. The number of nitrogens with one attached hydrogen (secondary N) is 1. The molecule has 0 saturated heterocycles. The molecule has 14 heavy (non-hydrogen) atoms. The summed E-state index contributed by atoms with van der Waals surface area (Å²) >= 11 is 0. The summed E-state index contributed by atoms with van der Waals surface area (Å²) in [5, 5.41) is 16.5. The van der Waals surface area contributed by atoms with E-state index < -0.39 is 0 Å². The van der Waals surface area contributed by atoms with Gasteiger partial charge < -0.3 is 10.4 Å². The second kappa shape index (κ2) is 3.94. The van der Waals surface area contributed by atoms with Crippen LogP contribution >= 0.6 is 0 Å². The molecule has 0 unspecified atom stereocenters. The summed E-state index contributed by atoms with van der Waals surface area (Å²) in [6.07, 6.45) is 7.07. The Morgan fingerprint density at radius 3 is 3.07 bits per heavy atom. The van der Waals surface area contributed by atoms with Crippen molar-refractivity contribution < 1.29 is 5.11 Å². The van der Waals surface area contributed by atoms with E-state index >= 15 is 0 Å². The Labute approximate surface area is 83.2 Å². The standard InChI is InChI=1S/C10H15N3O/c1-2-13-7-8(6-12-13)5-11-9-3-10(14)4-9/h2,6-7,9-11,14H,1,3-5H2. The highest BCUT2D eigenvalue weighted by molar-refractivity contribution is 5.17. The number of aliphatic hydroxyl groups excluding tert-OH is 1. The van der Waals surface area contributed by atoms with Gasteiger partial charge >= 0.3 is 0 Å².